The van der Waals surface area contributed by atoms with E-state index in [1.165, 1.54) is 0 Å². The molecule has 0 spiro atoms. The second-order valence-corrected chi connectivity index (χ2v) is 5.42. The monoisotopic (exact) mass is 276 g/mol. The summed E-state index contributed by atoms with van der Waals surface area (Å²) in [5.74, 6) is 0.923. The molecule has 0 aliphatic carbocycles. The first-order chi connectivity index (χ1) is 8.79. The van der Waals surface area contributed by atoms with Crippen LogP contribution in [0.1, 0.15) is 19.2 Å². The van der Waals surface area contributed by atoms with E-state index in [2.05, 4.69) is 34.8 Å². The van der Waals surface area contributed by atoms with Crippen molar-refractivity contribution >= 4 is 28.9 Å². The molecule has 0 saturated carbocycles. The largest absolute Gasteiger partial charge is 0.234 e. The zero-order chi connectivity index (χ0) is 12.5. The molecule has 0 radical (unpaired) electrons. The van der Waals surface area contributed by atoms with E-state index < -0.39 is 0 Å². The quantitative estimate of drug-likeness (QED) is 0.748. The molecular weight excluding hydrogens is 264 g/mol. The van der Waals surface area contributed by atoms with Crippen LogP contribution in [0.25, 0.3) is 15.5 Å². The fourth-order valence-electron chi connectivity index (χ4n) is 1.80. The van der Waals surface area contributed by atoms with Gasteiger partial charge in [-0.25, -0.2) is 0 Å². The molecule has 0 aliphatic heterocycles. The maximum Gasteiger partial charge on any atom is 0.234 e. The minimum atomic E-state index is 0.838. The third kappa shape index (κ3) is 1.91. The first kappa shape index (κ1) is 11.7. The molecule has 3 rings (SSSR count). The molecule has 2 heterocycles. The van der Waals surface area contributed by atoms with Gasteiger partial charge in [0.15, 0.2) is 5.82 Å². The van der Waals surface area contributed by atoms with Gasteiger partial charge in [0.05, 0.1) is 0 Å². The lowest BCUT2D eigenvalue weighted by Crippen LogP contribution is -1.95. The molecule has 0 aliphatic rings. The van der Waals surface area contributed by atoms with Gasteiger partial charge in [-0.15, -0.1) is 22.8 Å². The fourth-order valence-corrected chi connectivity index (χ4v) is 3.04. The van der Waals surface area contributed by atoms with E-state index in [4.69, 9.17) is 0 Å². The number of hydrogen-bond donors (Lipinski definition) is 1. The van der Waals surface area contributed by atoms with Crippen LogP contribution in [0.3, 0.4) is 0 Å². The van der Waals surface area contributed by atoms with Gasteiger partial charge in [0.1, 0.15) is 5.01 Å². The summed E-state index contributed by atoms with van der Waals surface area (Å²) < 4.78 is 1.84. The molecule has 0 saturated heterocycles. The standard InChI is InChI=1S/C12H12N4S2/c1-2-5-10-13-14-12-16(10)15-11(18-12)8-6-3-4-7-9(8)17/h3-4,6-7,17H,2,5H2,1H3. The van der Waals surface area contributed by atoms with Gasteiger partial charge in [-0.2, -0.15) is 9.61 Å². The van der Waals surface area contributed by atoms with Crippen LogP contribution >= 0.6 is 24.0 Å². The van der Waals surface area contributed by atoms with Gasteiger partial charge in [0, 0.05) is 16.9 Å². The lowest BCUT2D eigenvalue weighted by molar-refractivity contribution is 0.778. The van der Waals surface area contributed by atoms with Gasteiger partial charge >= 0.3 is 0 Å². The molecule has 0 bridgehead atoms. The summed E-state index contributed by atoms with van der Waals surface area (Å²) in [5.41, 5.74) is 1.04. The molecule has 2 aromatic heterocycles. The van der Waals surface area contributed by atoms with Crippen LogP contribution in [-0.2, 0) is 6.42 Å². The van der Waals surface area contributed by atoms with E-state index in [1.807, 2.05) is 28.8 Å². The maximum absolute atomic E-state index is 4.58. The van der Waals surface area contributed by atoms with Gasteiger partial charge in [0.2, 0.25) is 4.96 Å². The predicted molar refractivity (Wildman–Crippen MR) is 75.3 cm³/mol. The van der Waals surface area contributed by atoms with Crippen molar-refractivity contribution in [1.82, 2.24) is 19.8 Å². The number of aryl methyl sites for hydroxylation is 1. The molecule has 0 atom stereocenters. The van der Waals surface area contributed by atoms with Gasteiger partial charge < -0.3 is 0 Å². The van der Waals surface area contributed by atoms with Crippen LogP contribution in [0, 0.1) is 0 Å². The molecule has 6 heteroatoms. The number of rotatable bonds is 3. The molecule has 0 fully saturated rings. The van der Waals surface area contributed by atoms with Crippen molar-refractivity contribution in [3.8, 4) is 10.6 Å². The van der Waals surface area contributed by atoms with Crippen molar-refractivity contribution in [3.05, 3.63) is 30.1 Å². The van der Waals surface area contributed by atoms with Crippen LogP contribution in [-0.4, -0.2) is 19.8 Å². The number of thiol groups is 1. The third-order valence-electron chi connectivity index (χ3n) is 2.66. The average Bonchev–Trinajstić information content (AvgIpc) is 2.92. The molecule has 0 amide bonds. The SMILES string of the molecule is CCCc1nnc2sc(-c3ccccc3S)nn12. The van der Waals surface area contributed by atoms with Crippen molar-refractivity contribution < 1.29 is 0 Å². The molecule has 0 unspecified atom stereocenters. The Labute approximate surface area is 114 Å². The Morgan fingerprint density at radius 1 is 1.28 bits per heavy atom. The Hall–Kier alpha value is -1.40. The number of benzene rings is 1. The highest BCUT2D eigenvalue weighted by Gasteiger charge is 2.13. The number of aromatic nitrogens is 4. The van der Waals surface area contributed by atoms with Crippen LogP contribution in [0.2, 0.25) is 0 Å². The summed E-state index contributed by atoms with van der Waals surface area (Å²) in [4.78, 5) is 1.77. The zero-order valence-electron chi connectivity index (χ0n) is 9.87. The second-order valence-electron chi connectivity index (χ2n) is 3.98. The molecule has 18 heavy (non-hydrogen) atoms. The minimum Gasteiger partial charge on any atom is -0.187 e. The predicted octanol–water partition coefficient (Wildman–Crippen LogP) is 3.09. The summed E-state index contributed by atoms with van der Waals surface area (Å²) in [5, 5.41) is 13.8. The lowest BCUT2D eigenvalue weighted by atomic mass is 10.2. The number of fused-ring (bicyclic) bond motifs is 1. The summed E-state index contributed by atoms with van der Waals surface area (Å²) in [6.45, 7) is 2.12. The van der Waals surface area contributed by atoms with Crippen molar-refractivity contribution in [3.63, 3.8) is 0 Å². The Bertz CT molecular complexity index is 686. The van der Waals surface area contributed by atoms with E-state index in [-0.39, 0.29) is 0 Å². The van der Waals surface area contributed by atoms with Gasteiger partial charge in [-0.3, -0.25) is 0 Å². The normalized spacial score (nSPS) is 11.2. The summed E-state index contributed by atoms with van der Waals surface area (Å²) in [6.07, 6.45) is 1.93. The molecule has 3 aromatic rings. The van der Waals surface area contributed by atoms with Gasteiger partial charge in [-0.1, -0.05) is 36.5 Å². The Morgan fingerprint density at radius 2 is 2.11 bits per heavy atom. The molecule has 0 N–H and O–H groups in total. The summed E-state index contributed by atoms with van der Waals surface area (Å²) in [7, 11) is 0. The summed E-state index contributed by atoms with van der Waals surface area (Å²) in [6, 6.07) is 7.94. The molecule has 1 aromatic carbocycles. The van der Waals surface area contributed by atoms with Crippen LogP contribution < -0.4 is 0 Å². The van der Waals surface area contributed by atoms with Crippen molar-refractivity contribution in [2.45, 2.75) is 24.7 Å². The van der Waals surface area contributed by atoms with E-state index in [0.29, 0.717) is 0 Å². The van der Waals surface area contributed by atoms with E-state index in [1.54, 1.807) is 11.3 Å². The topological polar surface area (TPSA) is 43.1 Å². The highest BCUT2D eigenvalue weighted by Crippen LogP contribution is 2.30. The van der Waals surface area contributed by atoms with E-state index >= 15 is 0 Å². The van der Waals surface area contributed by atoms with E-state index in [9.17, 15) is 0 Å². The average molecular weight is 276 g/mol. The number of nitrogens with zero attached hydrogens (tertiary/aromatic N) is 4. The molecule has 92 valence electrons. The summed E-state index contributed by atoms with van der Waals surface area (Å²) >= 11 is 6.00. The lowest BCUT2D eigenvalue weighted by Gasteiger charge is -1.98. The van der Waals surface area contributed by atoms with Crippen LogP contribution in [0.5, 0.6) is 0 Å². The first-order valence-electron chi connectivity index (χ1n) is 5.79. The Kier molecular flexibility index (Phi) is 3.05. The van der Waals surface area contributed by atoms with Crippen molar-refractivity contribution in [1.29, 1.82) is 0 Å². The Morgan fingerprint density at radius 3 is 2.89 bits per heavy atom. The smallest absolute Gasteiger partial charge is 0.187 e. The highest BCUT2D eigenvalue weighted by molar-refractivity contribution is 7.80. The van der Waals surface area contributed by atoms with Gasteiger partial charge in [-0.05, 0) is 12.5 Å². The third-order valence-corrected chi connectivity index (χ3v) is 3.99. The van der Waals surface area contributed by atoms with Crippen molar-refractivity contribution in [2.75, 3.05) is 0 Å². The highest BCUT2D eigenvalue weighted by atomic mass is 32.1. The van der Waals surface area contributed by atoms with Crippen LogP contribution in [0.15, 0.2) is 29.2 Å². The van der Waals surface area contributed by atoms with Crippen molar-refractivity contribution in [2.24, 2.45) is 0 Å². The first-order valence-corrected chi connectivity index (χ1v) is 7.05. The minimum absolute atomic E-state index is 0.838. The Balaban J connectivity index is 2.11. The zero-order valence-corrected chi connectivity index (χ0v) is 11.6. The van der Waals surface area contributed by atoms with E-state index in [0.717, 1.165) is 39.1 Å². The maximum atomic E-state index is 4.58. The molecular formula is C12H12N4S2. The molecule has 4 nitrogen and oxygen atoms in total. The van der Waals surface area contributed by atoms with Gasteiger partial charge in [0.25, 0.3) is 0 Å². The second kappa shape index (κ2) is 4.70. The number of hydrogen-bond acceptors (Lipinski definition) is 5. The van der Waals surface area contributed by atoms with Crippen LogP contribution in [0.4, 0.5) is 0 Å². The fraction of sp³-hybridized carbons (Fsp3) is 0.250.